The molecule has 0 radical (unpaired) electrons. The van der Waals surface area contributed by atoms with Crippen molar-refractivity contribution in [3.63, 3.8) is 0 Å². The normalized spacial score (nSPS) is 10.5. The lowest BCUT2D eigenvalue weighted by Gasteiger charge is -1.95. The van der Waals surface area contributed by atoms with E-state index in [-0.39, 0.29) is 11.7 Å². The third-order valence-corrected chi connectivity index (χ3v) is 1.50. The molecule has 0 saturated heterocycles. The number of aromatic nitrogens is 2. The Balaban J connectivity index is 2.44. The smallest absolute Gasteiger partial charge is 0.329 e. The van der Waals surface area contributed by atoms with Gasteiger partial charge in [-0.2, -0.15) is 5.11 Å². The third kappa shape index (κ3) is 4.46. The fourth-order valence-corrected chi connectivity index (χ4v) is 0.835. The van der Waals surface area contributed by atoms with E-state index in [0.717, 1.165) is 0 Å². The monoisotopic (exact) mass is 228 g/mol. The van der Waals surface area contributed by atoms with Crippen molar-refractivity contribution in [1.82, 2.24) is 10.2 Å². The molecule has 0 amide bonds. The second-order valence-corrected chi connectivity index (χ2v) is 2.81. The van der Waals surface area contributed by atoms with E-state index in [4.69, 9.17) is 11.6 Å². The first-order valence-electron chi connectivity index (χ1n) is 4.24. The van der Waals surface area contributed by atoms with Crippen LogP contribution in [0.4, 0.5) is 5.82 Å². The molecule has 1 rings (SSSR count). The molecular formula is C8H9ClN4O2. The van der Waals surface area contributed by atoms with Crippen LogP contribution in [0.15, 0.2) is 22.4 Å². The zero-order valence-corrected chi connectivity index (χ0v) is 8.81. The van der Waals surface area contributed by atoms with E-state index >= 15 is 0 Å². The number of esters is 1. The minimum atomic E-state index is -0.428. The van der Waals surface area contributed by atoms with Crippen LogP contribution in [-0.4, -0.2) is 29.3 Å². The number of hydrogen-bond donors (Lipinski definition) is 0. The van der Waals surface area contributed by atoms with Gasteiger partial charge >= 0.3 is 5.97 Å². The van der Waals surface area contributed by atoms with Crippen LogP contribution >= 0.6 is 11.6 Å². The molecule has 0 aromatic carbocycles. The molecule has 6 nitrogen and oxygen atoms in total. The molecule has 0 unspecified atom stereocenters. The Morgan fingerprint density at radius 2 is 2.33 bits per heavy atom. The van der Waals surface area contributed by atoms with Crippen molar-refractivity contribution >= 4 is 23.4 Å². The molecule has 1 heterocycles. The van der Waals surface area contributed by atoms with Gasteiger partial charge in [-0.15, -0.1) is 15.3 Å². The highest BCUT2D eigenvalue weighted by molar-refractivity contribution is 6.29. The lowest BCUT2D eigenvalue weighted by atomic mass is 10.5. The molecule has 1 aromatic rings. The molecule has 0 aliphatic rings. The number of hydrogen-bond acceptors (Lipinski definition) is 6. The number of nitrogens with zero attached hydrogens (tertiary/aromatic N) is 4. The van der Waals surface area contributed by atoms with Crippen LogP contribution < -0.4 is 0 Å². The van der Waals surface area contributed by atoms with E-state index in [9.17, 15) is 4.79 Å². The summed E-state index contributed by atoms with van der Waals surface area (Å²) in [6, 6.07) is 3.08. The van der Waals surface area contributed by atoms with Gasteiger partial charge in [0.05, 0.1) is 6.61 Å². The number of carbonyl (C=O) groups excluding carboxylic acids is 1. The Bertz CT molecular complexity index is 352. The minimum Gasteiger partial charge on any atom is -0.465 e. The average Bonchev–Trinajstić information content (AvgIpc) is 2.21. The van der Waals surface area contributed by atoms with Crippen molar-refractivity contribution < 1.29 is 9.53 Å². The van der Waals surface area contributed by atoms with E-state index < -0.39 is 5.97 Å². The number of carbonyl (C=O) groups is 1. The highest BCUT2D eigenvalue weighted by Gasteiger charge is 1.98. The highest BCUT2D eigenvalue weighted by Crippen LogP contribution is 2.09. The molecular weight excluding hydrogens is 220 g/mol. The van der Waals surface area contributed by atoms with E-state index in [2.05, 4.69) is 25.2 Å². The number of rotatable bonds is 4. The average molecular weight is 229 g/mol. The predicted octanol–water partition coefficient (Wildman–Crippen LogP) is 1.78. The summed E-state index contributed by atoms with van der Waals surface area (Å²) in [6.07, 6.45) is 0. The van der Waals surface area contributed by atoms with Gasteiger partial charge in [-0.3, -0.25) is 0 Å². The predicted molar refractivity (Wildman–Crippen MR) is 53.1 cm³/mol. The summed E-state index contributed by atoms with van der Waals surface area (Å²) < 4.78 is 4.65. The first-order chi connectivity index (χ1) is 7.22. The van der Waals surface area contributed by atoms with E-state index in [1.807, 2.05) is 0 Å². The Hall–Kier alpha value is -1.56. The van der Waals surface area contributed by atoms with Crippen molar-refractivity contribution in [2.75, 3.05) is 13.2 Å². The quantitative estimate of drug-likeness (QED) is 0.581. The van der Waals surface area contributed by atoms with Crippen LogP contribution in [0.3, 0.4) is 0 Å². The molecule has 1 aromatic heterocycles. The zero-order chi connectivity index (χ0) is 11.1. The van der Waals surface area contributed by atoms with Gasteiger partial charge < -0.3 is 4.74 Å². The summed E-state index contributed by atoms with van der Waals surface area (Å²) in [6.45, 7) is 1.92. The molecule has 0 aliphatic heterocycles. The van der Waals surface area contributed by atoms with Gasteiger partial charge in [-0.05, 0) is 19.1 Å². The van der Waals surface area contributed by atoms with E-state index in [1.54, 1.807) is 13.0 Å². The SMILES string of the molecule is CCOC(=O)CN=Nc1ccc(Cl)nn1. The van der Waals surface area contributed by atoms with Crippen molar-refractivity contribution in [3.05, 3.63) is 17.3 Å². The first-order valence-corrected chi connectivity index (χ1v) is 4.62. The number of azo groups is 1. The molecule has 0 N–H and O–H groups in total. The second-order valence-electron chi connectivity index (χ2n) is 2.42. The van der Waals surface area contributed by atoms with Crippen LogP contribution in [0, 0.1) is 0 Å². The largest absolute Gasteiger partial charge is 0.465 e. The van der Waals surface area contributed by atoms with Crippen LogP contribution in [-0.2, 0) is 9.53 Å². The summed E-state index contributed by atoms with van der Waals surface area (Å²) in [7, 11) is 0. The molecule has 7 heteroatoms. The minimum absolute atomic E-state index is 0.127. The Labute approximate surface area is 91.3 Å². The van der Waals surface area contributed by atoms with Crippen molar-refractivity contribution in [3.8, 4) is 0 Å². The molecule has 15 heavy (non-hydrogen) atoms. The molecule has 0 saturated carbocycles. The van der Waals surface area contributed by atoms with Gasteiger partial charge in [-0.1, -0.05) is 11.6 Å². The maximum absolute atomic E-state index is 10.9. The zero-order valence-electron chi connectivity index (χ0n) is 8.05. The Morgan fingerprint density at radius 1 is 1.53 bits per heavy atom. The van der Waals surface area contributed by atoms with Crippen LogP contribution in [0.5, 0.6) is 0 Å². The summed E-state index contributed by atoms with van der Waals surface area (Å²) in [5, 5.41) is 14.7. The maximum atomic E-state index is 10.9. The molecule has 0 spiro atoms. The Morgan fingerprint density at radius 3 is 2.93 bits per heavy atom. The lowest BCUT2D eigenvalue weighted by Crippen LogP contribution is -2.06. The lowest BCUT2D eigenvalue weighted by molar-refractivity contribution is -0.141. The first kappa shape index (κ1) is 11.5. The fourth-order valence-electron chi connectivity index (χ4n) is 0.734. The Kier molecular flexibility index (Phi) is 4.62. The number of halogens is 1. The van der Waals surface area contributed by atoms with Gasteiger partial charge in [0.2, 0.25) is 0 Å². The topological polar surface area (TPSA) is 76.8 Å². The summed E-state index contributed by atoms with van der Waals surface area (Å²) in [5.41, 5.74) is 0. The standard InChI is InChI=1S/C8H9ClN4O2/c1-2-15-8(14)5-10-12-7-4-3-6(9)11-13-7/h3-4H,2,5H2,1H3. The molecule has 0 fully saturated rings. The van der Waals surface area contributed by atoms with E-state index in [0.29, 0.717) is 12.4 Å². The second kappa shape index (κ2) is 6.02. The van der Waals surface area contributed by atoms with Crippen molar-refractivity contribution in [1.29, 1.82) is 0 Å². The number of ether oxygens (including phenoxy) is 1. The van der Waals surface area contributed by atoms with Crippen molar-refractivity contribution in [2.45, 2.75) is 6.92 Å². The van der Waals surface area contributed by atoms with E-state index in [1.165, 1.54) is 6.07 Å². The van der Waals surface area contributed by atoms with Gasteiger partial charge in [0, 0.05) is 0 Å². The molecule has 0 bridgehead atoms. The third-order valence-electron chi connectivity index (χ3n) is 1.30. The van der Waals surface area contributed by atoms with Crippen LogP contribution in [0.2, 0.25) is 5.15 Å². The van der Waals surface area contributed by atoms with Crippen molar-refractivity contribution in [2.24, 2.45) is 10.2 Å². The van der Waals surface area contributed by atoms with Gasteiger partial charge in [-0.25, -0.2) is 4.79 Å². The fraction of sp³-hybridized carbons (Fsp3) is 0.375. The highest BCUT2D eigenvalue weighted by atomic mass is 35.5. The van der Waals surface area contributed by atoms with Gasteiger partial charge in [0.15, 0.2) is 17.5 Å². The molecule has 0 aliphatic carbocycles. The van der Waals surface area contributed by atoms with Gasteiger partial charge in [0.1, 0.15) is 0 Å². The van der Waals surface area contributed by atoms with Crippen LogP contribution in [0.25, 0.3) is 0 Å². The summed E-state index contributed by atoms with van der Waals surface area (Å²) >= 11 is 5.52. The maximum Gasteiger partial charge on any atom is 0.329 e. The summed E-state index contributed by atoms with van der Waals surface area (Å²) in [4.78, 5) is 10.9. The molecule has 80 valence electrons. The summed E-state index contributed by atoms with van der Waals surface area (Å²) in [5.74, 6) is -0.133. The van der Waals surface area contributed by atoms with Crippen LogP contribution in [0.1, 0.15) is 6.92 Å². The van der Waals surface area contributed by atoms with Gasteiger partial charge in [0.25, 0.3) is 0 Å². The molecule has 0 atom stereocenters.